The van der Waals surface area contributed by atoms with Gasteiger partial charge in [-0.3, -0.25) is 4.79 Å². The van der Waals surface area contributed by atoms with Crippen molar-refractivity contribution in [3.63, 3.8) is 0 Å². The molecule has 0 saturated carbocycles. The molecule has 88 valence electrons. The molecule has 0 bridgehead atoms. The van der Waals surface area contributed by atoms with Gasteiger partial charge in [-0.25, -0.2) is 0 Å². The van der Waals surface area contributed by atoms with Gasteiger partial charge in [0, 0.05) is 10.0 Å². The molecule has 2 nitrogen and oxygen atoms in total. The first-order valence-corrected chi connectivity index (χ1v) is 5.84. The van der Waals surface area contributed by atoms with Gasteiger partial charge in [0.15, 0.2) is 0 Å². The SMILES string of the molecule is CC(Cc1ccc(Cl)cc1Cl)C(C)C(=O)O. The van der Waals surface area contributed by atoms with Crippen molar-refractivity contribution in [1.82, 2.24) is 0 Å². The lowest BCUT2D eigenvalue weighted by molar-refractivity contribution is -0.142. The molecular formula is C12H14Cl2O2. The van der Waals surface area contributed by atoms with Crippen molar-refractivity contribution in [3.8, 4) is 0 Å². The van der Waals surface area contributed by atoms with Crippen molar-refractivity contribution in [2.45, 2.75) is 20.3 Å². The van der Waals surface area contributed by atoms with E-state index in [0.29, 0.717) is 16.5 Å². The van der Waals surface area contributed by atoms with Crippen LogP contribution in [0, 0.1) is 11.8 Å². The summed E-state index contributed by atoms with van der Waals surface area (Å²) in [5, 5.41) is 10.1. The minimum absolute atomic E-state index is 0.0381. The first-order valence-electron chi connectivity index (χ1n) is 5.08. The first kappa shape index (κ1) is 13.3. The van der Waals surface area contributed by atoms with Crippen LogP contribution in [0.4, 0.5) is 0 Å². The Kier molecular flexibility index (Phi) is 4.63. The van der Waals surface area contributed by atoms with Crippen molar-refractivity contribution < 1.29 is 9.90 Å². The minimum atomic E-state index is -0.780. The van der Waals surface area contributed by atoms with Crippen molar-refractivity contribution in [2.24, 2.45) is 11.8 Å². The fourth-order valence-corrected chi connectivity index (χ4v) is 1.94. The topological polar surface area (TPSA) is 37.3 Å². The van der Waals surface area contributed by atoms with Gasteiger partial charge in [0.1, 0.15) is 0 Å². The second kappa shape index (κ2) is 5.55. The summed E-state index contributed by atoms with van der Waals surface area (Å²) in [6, 6.07) is 5.28. The fraction of sp³-hybridized carbons (Fsp3) is 0.417. The van der Waals surface area contributed by atoms with Gasteiger partial charge in [0.25, 0.3) is 0 Å². The lowest BCUT2D eigenvalue weighted by Crippen LogP contribution is -2.20. The van der Waals surface area contributed by atoms with Gasteiger partial charge in [-0.15, -0.1) is 0 Å². The Balaban J connectivity index is 2.77. The fourth-order valence-electron chi connectivity index (χ4n) is 1.45. The van der Waals surface area contributed by atoms with Gasteiger partial charge in [-0.05, 0) is 30.0 Å². The average Bonchev–Trinajstić information content (AvgIpc) is 2.20. The Morgan fingerprint density at radius 1 is 1.38 bits per heavy atom. The molecule has 1 aromatic rings. The zero-order chi connectivity index (χ0) is 12.3. The van der Waals surface area contributed by atoms with Gasteiger partial charge in [-0.1, -0.05) is 43.1 Å². The highest BCUT2D eigenvalue weighted by atomic mass is 35.5. The maximum Gasteiger partial charge on any atom is 0.306 e. The standard InChI is InChI=1S/C12H14Cl2O2/c1-7(8(2)12(15)16)5-9-3-4-10(13)6-11(9)14/h3-4,6-8H,5H2,1-2H3,(H,15,16). The number of benzene rings is 1. The smallest absolute Gasteiger partial charge is 0.306 e. The van der Waals surface area contributed by atoms with Gasteiger partial charge in [0.05, 0.1) is 5.92 Å². The molecule has 0 heterocycles. The first-order chi connectivity index (χ1) is 7.41. The molecule has 0 spiro atoms. The average molecular weight is 261 g/mol. The Bertz CT molecular complexity index is 391. The number of carbonyl (C=O) groups is 1. The van der Waals surface area contributed by atoms with E-state index in [0.717, 1.165) is 5.56 Å². The molecule has 0 aliphatic rings. The molecule has 0 aromatic heterocycles. The van der Waals surface area contributed by atoms with E-state index < -0.39 is 5.97 Å². The second-order valence-corrected chi connectivity index (χ2v) is 4.89. The Hall–Kier alpha value is -0.730. The number of aliphatic carboxylic acids is 1. The van der Waals surface area contributed by atoms with Crippen LogP contribution in [-0.4, -0.2) is 11.1 Å². The molecule has 0 saturated heterocycles. The largest absolute Gasteiger partial charge is 0.481 e. The Labute approximate surface area is 105 Å². The van der Waals surface area contributed by atoms with Gasteiger partial charge in [-0.2, -0.15) is 0 Å². The number of carboxylic acids is 1. The van der Waals surface area contributed by atoms with E-state index in [1.807, 2.05) is 13.0 Å². The third-order valence-electron chi connectivity index (χ3n) is 2.80. The molecule has 2 atom stereocenters. The number of hydrogen-bond acceptors (Lipinski definition) is 1. The Morgan fingerprint density at radius 2 is 2.00 bits per heavy atom. The number of halogens is 2. The van der Waals surface area contributed by atoms with E-state index in [4.69, 9.17) is 28.3 Å². The van der Waals surface area contributed by atoms with E-state index in [2.05, 4.69) is 0 Å². The maximum absolute atomic E-state index is 10.8. The lowest BCUT2D eigenvalue weighted by atomic mass is 9.90. The van der Waals surface area contributed by atoms with Crippen LogP contribution >= 0.6 is 23.2 Å². The van der Waals surface area contributed by atoms with E-state index in [1.165, 1.54) is 0 Å². The minimum Gasteiger partial charge on any atom is -0.481 e. The summed E-state index contributed by atoms with van der Waals surface area (Å²) < 4.78 is 0. The van der Waals surface area contributed by atoms with Crippen LogP contribution in [0.3, 0.4) is 0 Å². The molecule has 16 heavy (non-hydrogen) atoms. The van der Waals surface area contributed by atoms with Crippen molar-refractivity contribution in [3.05, 3.63) is 33.8 Å². The zero-order valence-corrected chi connectivity index (χ0v) is 10.7. The highest BCUT2D eigenvalue weighted by molar-refractivity contribution is 6.35. The zero-order valence-electron chi connectivity index (χ0n) is 9.21. The van der Waals surface area contributed by atoms with Crippen LogP contribution in [0.1, 0.15) is 19.4 Å². The quantitative estimate of drug-likeness (QED) is 0.892. The molecule has 4 heteroatoms. The van der Waals surface area contributed by atoms with Crippen molar-refractivity contribution >= 4 is 29.2 Å². The number of carboxylic acid groups (broad SMARTS) is 1. The molecule has 0 radical (unpaired) electrons. The van der Waals surface area contributed by atoms with E-state index in [-0.39, 0.29) is 11.8 Å². The Morgan fingerprint density at radius 3 is 2.50 bits per heavy atom. The lowest BCUT2D eigenvalue weighted by Gasteiger charge is -2.16. The molecule has 0 aliphatic carbocycles. The third kappa shape index (κ3) is 3.39. The summed E-state index contributed by atoms with van der Waals surface area (Å²) in [5.74, 6) is -1.12. The molecular weight excluding hydrogens is 247 g/mol. The van der Waals surface area contributed by atoms with Crippen LogP contribution < -0.4 is 0 Å². The van der Waals surface area contributed by atoms with Gasteiger partial charge >= 0.3 is 5.97 Å². The molecule has 0 aliphatic heterocycles. The van der Waals surface area contributed by atoms with E-state index in [1.54, 1.807) is 19.1 Å². The number of hydrogen-bond donors (Lipinski definition) is 1. The molecule has 2 unspecified atom stereocenters. The van der Waals surface area contributed by atoms with Gasteiger partial charge in [0.2, 0.25) is 0 Å². The van der Waals surface area contributed by atoms with Crippen LogP contribution in [0.2, 0.25) is 10.0 Å². The van der Waals surface area contributed by atoms with E-state index >= 15 is 0 Å². The monoisotopic (exact) mass is 260 g/mol. The molecule has 1 aromatic carbocycles. The van der Waals surface area contributed by atoms with Crippen LogP contribution in [0.15, 0.2) is 18.2 Å². The predicted octanol–water partition coefficient (Wildman–Crippen LogP) is 3.89. The summed E-state index contributed by atoms with van der Waals surface area (Å²) in [6.45, 7) is 3.61. The maximum atomic E-state index is 10.8. The predicted molar refractivity (Wildman–Crippen MR) is 66.1 cm³/mol. The highest BCUT2D eigenvalue weighted by Crippen LogP contribution is 2.25. The van der Waals surface area contributed by atoms with Crippen LogP contribution in [0.25, 0.3) is 0 Å². The summed E-state index contributed by atoms with van der Waals surface area (Å²) in [5.41, 5.74) is 0.937. The number of rotatable bonds is 4. The van der Waals surface area contributed by atoms with Crippen LogP contribution in [-0.2, 0) is 11.2 Å². The van der Waals surface area contributed by atoms with E-state index in [9.17, 15) is 4.79 Å². The summed E-state index contributed by atoms with van der Waals surface area (Å²) in [7, 11) is 0. The molecule has 0 amide bonds. The second-order valence-electron chi connectivity index (χ2n) is 4.04. The van der Waals surface area contributed by atoms with Gasteiger partial charge < -0.3 is 5.11 Å². The summed E-state index contributed by atoms with van der Waals surface area (Å²) in [6.07, 6.45) is 0.642. The summed E-state index contributed by atoms with van der Waals surface area (Å²) in [4.78, 5) is 10.8. The van der Waals surface area contributed by atoms with Crippen LogP contribution in [0.5, 0.6) is 0 Å². The van der Waals surface area contributed by atoms with Crippen molar-refractivity contribution in [2.75, 3.05) is 0 Å². The van der Waals surface area contributed by atoms with Crippen molar-refractivity contribution in [1.29, 1.82) is 0 Å². The highest BCUT2D eigenvalue weighted by Gasteiger charge is 2.20. The summed E-state index contributed by atoms with van der Waals surface area (Å²) >= 11 is 11.8. The molecule has 0 fully saturated rings. The normalized spacial score (nSPS) is 14.5. The molecule has 1 N–H and O–H groups in total. The third-order valence-corrected chi connectivity index (χ3v) is 3.39. The molecule has 1 rings (SSSR count).